The maximum atomic E-state index is 13.8. The number of rotatable bonds is 6. The molecule has 6 heteroatoms. The van der Waals surface area contributed by atoms with Crippen molar-refractivity contribution in [2.45, 2.75) is 13.8 Å². The number of benzene rings is 3. The van der Waals surface area contributed by atoms with E-state index in [1.165, 1.54) is 0 Å². The minimum atomic E-state index is 0.00955. The second kappa shape index (κ2) is 10.2. The molecule has 5 rings (SSSR count). The third kappa shape index (κ3) is 4.67. The number of aromatic nitrogens is 1. The average Bonchev–Trinajstić information content (AvgIpc) is 2.93. The standard InChI is InChI=1S/C30H29N3O3/c1-3-36-29-11-7-5-9-25(29)28-20-26(24-8-4-6-10-27(24)31-28)30(35)33-18-16-32(17-19-33)23-14-12-22(13-15-23)21(2)34/h4-15,20H,3,16-19H2,1-2H3. The lowest BCUT2D eigenvalue weighted by Gasteiger charge is -2.36. The molecule has 4 aromatic rings. The first-order valence-electron chi connectivity index (χ1n) is 12.3. The highest BCUT2D eigenvalue weighted by atomic mass is 16.5. The van der Waals surface area contributed by atoms with Gasteiger partial charge in [-0.05, 0) is 62.4 Å². The van der Waals surface area contributed by atoms with Gasteiger partial charge in [0, 0.05) is 48.4 Å². The fourth-order valence-electron chi connectivity index (χ4n) is 4.69. The van der Waals surface area contributed by atoms with E-state index in [-0.39, 0.29) is 11.7 Å². The number of carbonyl (C=O) groups is 2. The molecule has 0 spiro atoms. The molecule has 0 unspecified atom stereocenters. The predicted molar refractivity (Wildman–Crippen MR) is 143 cm³/mol. The van der Waals surface area contributed by atoms with Crippen LogP contribution < -0.4 is 9.64 Å². The van der Waals surface area contributed by atoms with Gasteiger partial charge in [-0.3, -0.25) is 9.59 Å². The lowest BCUT2D eigenvalue weighted by Crippen LogP contribution is -2.48. The van der Waals surface area contributed by atoms with Crippen molar-refractivity contribution in [2.24, 2.45) is 0 Å². The van der Waals surface area contributed by atoms with E-state index in [9.17, 15) is 9.59 Å². The van der Waals surface area contributed by atoms with Crippen LogP contribution in [0.25, 0.3) is 22.2 Å². The van der Waals surface area contributed by atoms with E-state index in [2.05, 4.69) is 4.90 Å². The smallest absolute Gasteiger partial charge is 0.254 e. The van der Waals surface area contributed by atoms with Crippen molar-refractivity contribution in [2.75, 3.05) is 37.7 Å². The Morgan fingerprint density at radius 2 is 1.58 bits per heavy atom. The van der Waals surface area contributed by atoms with Crippen LogP contribution in [-0.4, -0.2) is 54.4 Å². The number of hydrogen-bond donors (Lipinski definition) is 0. The number of ketones is 1. The summed E-state index contributed by atoms with van der Waals surface area (Å²) in [6.07, 6.45) is 0. The highest BCUT2D eigenvalue weighted by Crippen LogP contribution is 2.32. The first-order chi connectivity index (χ1) is 17.5. The zero-order valence-electron chi connectivity index (χ0n) is 20.6. The summed E-state index contributed by atoms with van der Waals surface area (Å²) in [5.74, 6) is 0.825. The van der Waals surface area contributed by atoms with Crippen LogP contribution in [0.2, 0.25) is 0 Å². The van der Waals surface area contributed by atoms with Gasteiger partial charge in [-0.25, -0.2) is 4.98 Å². The molecule has 1 aromatic heterocycles. The van der Waals surface area contributed by atoms with E-state index < -0.39 is 0 Å². The molecule has 2 heterocycles. The van der Waals surface area contributed by atoms with Crippen LogP contribution in [0.3, 0.4) is 0 Å². The quantitative estimate of drug-likeness (QED) is 0.344. The summed E-state index contributed by atoms with van der Waals surface area (Å²) in [6.45, 7) is 6.78. The topological polar surface area (TPSA) is 62.7 Å². The lowest BCUT2D eigenvalue weighted by atomic mass is 10.0. The highest BCUT2D eigenvalue weighted by molar-refractivity contribution is 6.07. The molecule has 1 aliphatic heterocycles. The number of anilines is 1. The summed E-state index contributed by atoms with van der Waals surface area (Å²) in [6, 6.07) is 25.2. The third-order valence-corrected chi connectivity index (χ3v) is 6.62. The van der Waals surface area contributed by atoms with Gasteiger partial charge < -0.3 is 14.5 Å². The van der Waals surface area contributed by atoms with Crippen LogP contribution in [0.1, 0.15) is 34.6 Å². The van der Waals surface area contributed by atoms with E-state index >= 15 is 0 Å². The minimum absolute atomic E-state index is 0.00955. The van der Waals surface area contributed by atoms with Crippen LogP contribution in [0.5, 0.6) is 5.75 Å². The van der Waals surface area contributed by atoms with Gasteiger partial charge in [0.05, 0.1) is 23.4 Å². The molecule has 1 saturated heterocycles. The Morgan fingerprint density at radius 3 is 2.31 bits per heavy atom. The van der Waals surface area contributed by atoms with Crippen molar-refractivity contribution >= 4 is 28.3 Å². The van der Waals surface area contributed by atoms with E-state index in [0.717, 1.165) is 46.7 Å². The molecule has 0 radical (unpaired) electrons. The zero-order valence-corrected chi connectivity index (χ0v) is 20.6. The summed E-state index contributed by atoms with van der Waals surface area (Å²) in [7, 11) is 0. The molecular weight excluding hydrogens is 450 g/mol. The Hall–Kier alpha value is -4.19. The van der Waals surface area contributed by atoms with E-state index in [1.54, 1.807) is 6.92 Å². The lowest BCUT2D eigenvalue weighted by molar-refractivity contribution is 0.0748. The van der Waals surface area contributed by atoms with Crippen molar-refractivity contribution in [3.8, 4) is 17.0 Å². The third-order valence-electron chi connectivity index (χ3n) is 6.62. The fourth-order valence-corrected chi connectivity index (χ4v) is 4.69. The molecule has 0 aliphatic carbocycles. The molecule has 0 saturated carbocycles. The van der Waals surface area contributed by atoms with E-state index in [0.29, 0.717) is 30.8 Å². The van der Waals surface area contributed by atoms with Gasteiger partial charge in [0.15, 0.2) is 5.78 Å². The van der Waals surface area contributed by atoms with E-state index in [4.69, 9.17) is 9.72 Å². The van der Waals surface area contributed by atoms with E-state index in [1.807, 2.05) is 90.7 Å². The number of pyridine rings is 1. The normalized spacial score (nSPS) is 13.6. The van der Waals surface area contributed by atoms with Gasteiger partial charge in [0.1, 0.15) is 5.75 Å². The highest BCUT2D eigenvalue weighted by Gasteiger charge is 2.25. The molecule has 0 atom stereocenters. The van der Waals surface area contributed by atoms with Crippen molar-refractivity contribution < 1.29 is 14.3 Å². The Labute approximate surface area is 211 Å². The minimum Gasteiger partial charge on any atom is -0.493 e. The maximum Gasteiger partial charge on any atom is 0.254 e. The number of para-hydroxylation sites is 2. The summed E-state index contributed by atoms with van der Waals surface area (Å²) < 4.78 is 5.83. The van der Waals surface area contributed by atoms with Gasteiger partial charge in [-0.2, -0.15) is 0 Å². The number of nitrogens with zero attached hydrogens (tertiary/aromatic N) is 3. The number of carbonyl (C=O) groups excluding carboxylic acids is 2. The van der Waals surface area contributed by atoms with Crippen molar-refractivity contribution in [3.05, 3.63) is 90.0 Å². The largest absolute Gasteiger partial charge is 0.493 e. The summed E-state index contributed by atoms with van der Waals surface area (Å²) in [5, 5.41) is 0.849. The number of ether oxygens (including phenoxy) is 1. The van der Waals surface area contributed by atoms with Gasteiger partial charge in [-0.15, -0.1) is 0 Å². The average molecular weight is 480 g/mol. The summed E-state index contributed by atoms with van der Waals surface area (Å²) >= 11 is 0. The Bertz CT molecular complexity index is 1410. The van der Waals surface area contributed by atoms with Gasteiger partial charge in [0.25, 0.3) is 5.91 Å². The fraction of sp³-hybridized carbons (Fsp3) is 0.233. The van der Waals surface area contributed by atoms with Crippen LogP contribution in [0.4, 0.5) is 5.69 Å². The Morgan fingerprint density at radius 1 is 0.889 bits per heavy atom. The monoisotopic (exact) mass is 479 g/mol. The van der Waals surface area contributed by atoms with Crippen LogP contribution in [-0.2, 0) is 0 Å². The number of piperazine rings is 1. The number of hydrogen-bond acceptors (Lipinski definition) is 5. The molecule has 6 nitrogen and oxygen atoms in total. The van der Waals surface area contributed by atoms with Gasteiger partial charge in [0.2, 0.25) is 0 Å². The number of Topliss-reactive ketones (excluding diaryl/α,β-unsaturated/α-hetero) is 1. The molecule has 36 heavy (non-hydrogen) atoms. The Kier molecular flexibility index (Phi) is 6.67. The molecule has 182 valence electrons. The van der Waals surface area contributed by atoms with Crippen molar-refractivity contribution in [3.63, 3.8) is 0 Å². The second-order valence-corrected chi connectivity index (χ2v) is 8.88. The van der Waals surface area contributed by atoms with Crippen molar-refractivity contribution in [1.29, 1.82) is 0 Å². The van der Waals surface area contributed by atoms with Gasteiger partial charge in [-0.1, -0.05) is 30.3 Å². The van der Waals surface area contributed by atoms with Crippen LogP contribution in [0, 0.1) is 0 Å². The zero-order chi connectivity index (χ0) is 25.1. The summed E-state index contributed by atoms with van der Waals surface area (Å²) in [4.78, 5) is 34.4. The molecule has 1 aliphatic rings. The SMILES string of the molecule is CCOc1ccccc1-c1cc(C(=O)N2CCN(c3ccc(C(C)=O)cc3)CC2)c2ccccc2n1. The summed E-state index contributed by atoms with van der Waals surface area (Å²) in [5.41, 5.74) is 4.81. The Balaban J connectivity index is 1.41. The molecule has 0 N–H and O–H groups in total. The number of amides is 1. The second-order valence-electron chi connectivity index (χ2n) is 8.88. The molecule has 3 aromatic carbocycles. The number of fused-ring (bicyclic) bond motifs is 1. The van der Waals surface area contributed by atoms with Gasteiger partial charge >= 0.3 is 0 Å². The molecule has 1 amide bonds. The van der Waals surface area contributed by atoms with Crippen LogP contribution in [0.15, 0.2) is 78.9 Å². The maximum absolute atomic E-state index is 13.8. The first-order valence-corrected chi connectivity index (χ1v) is 12.3. The molecular formula is C30H29N3O3. The molecule has 1 fully saturated rings. The van der Waals surface area contributed by atoms with Crippen LogP contribution >= 0.6 is 0 Å². The van der Waals surface area contributed by atoms with Crippen molar-refractivity contribution in [1.82, 2.24) is 9.88 Å². The first kappa shape index (κ1) is 23.5. The predicted octanol–water partition coefficient (Wildman–Crippen LogP) is 5.47. The molecule has 0 bridgehead atoms.